The quantitative estimate of drug-likeness (QED) is 0.450. The third-order valence-electron chi connectivity index (χ3n) is 4.83. The number of hydrogen-bond donors (Lipinski definition) is 2. The first kappa shape index (κ1) is 23.5. The van der Waals surface area contributed by atoms with E-state index >= 15 is 0 Å². The Morgan fingerprint density at radius 3 is 3.00 bits per heavy atom. The molecule has 0 amide bonds. The van der Waals surface area contributed by atoms with Crippen LogP contribution in [0.2, 0.25) is 5.02 Å². The van der Waals surface area contributed by atoms with E-state index in [1.807, 2.05) is 31.2 Å². The van der Waals surface area contributed by atoms with Gasteiger partial charge in [-0.2, -0.15) is 4.98 Å². The molecule has 1 aromatic carbocycles. The lowest BCUT2D eigenvalue weighted by atomic mass is 10.2. The molecule has 0 bridgehead atoms. The van der Waals surface area contributed by atoms with Crippen LogP contribution in [0.25, 0.3) is 11.4 Å². The van der Waals surface area contributed by atoms with Gasteiger partial charge in [0.1, 0.15) is 0 Å². The summed E-state index contributed by atoms with van der Waals surface area (Å²) >= 11 is 6.04. The highest BCUT2D eigenvalue weighted by Gasteiger charge is 2.20. The molecule has 31 heavy (non-hydrogen) atoms. The van der Waals surface area contributed by atoms with Gasteiger partial charge in [-0.1, -0.05) is 42.7 Å². The summed E-state index contributed by atoms with van der Waals surface area (Å²) in [5.41, 5.74) is 0.837. The monoisotopic (exact) mass is 448 g/mol. The lowest BCUT2D eigenvalue weighted by Crippen LogP contribution is -2.46. The van der Waals surface area contributed by atoms with Crippen molar-refractivity contribution < 1.29 is 9.26 Å². The van der Waals surface area contributed by atoms with Crippen molar-refractivity contribution in [2.75, 3.05) is 45.9 Å². The summed E-state index contributed by atoms with van der Waals surface area (Å²) in [7, 11) is 0. The molecule has 1 fully saturated rings. The van der Waals surface area contributed by atoms with Gasteiger partial charge in [-0.05, 0) is 25.0 Å². The van der Waals surface area contributed by atoms with Crippen molar-refractivity contribution in [3.8, 4) is 11.4 Å². The zero-order chi connectivity index (χ0) is 22.1. The highest BCUT2D eigenvalue weighted by molar-refractivity contribution is 6.30. The first-order chi connectivity index (χ1) is 15.0. The standard InChI is InChI=1S/C22H33ClN6O2/c1-4-24-22(26-13-19-15-29(10-11-30-19)14-16(2)3)25-9-8-20-27-21(28-31-20)17-6-5-7-18(23)12-17/h5-7,12,16,19H,4,8-11,13-15H2,1-3H3,(H2,24,25,26). The maximum absolute atomic E-state index is 6.04. The number of nitrogens with one attached hydrogen (secondary N) is 2. The first-order valence-electron chi connectivity index (χ1n) is 11.0. The van der Waals surface area contributed by atoms with Crippen molar-refractivity contribution in [2.24, 2.45) is 10.9 Å². The Morgan fingerprint density at radius 1 is 1.35 bits per heavy atom. The Morgan fingerprint density at radius 2 is 2.23 bits per heavy atom. The Kier molecular flexibility index (Phi) is 9.12. The zero-order valence-electron chi connectivity index (χ0n) is 18.6. The number of guanidine groups is 1. The van der Waals surface area contributed by atoms with E-state index in [0.29, 0.717) is 42.2 Å². The molecule has 1 aliphatic heterocycles. The molecule has 0 aliphatic carbocycles. The molecule has 1 aliphatic rings. The van der Waals surface area contributed by atoms with Crippen molar-refractivity contribution in [1.29, 1.82) is 0 Å². The Hall–Kier alpha value is -2.16. The molecule has 9 heteroatoms. The second-order valence-electron chi connectivity index (χ2n) is 8.06. The molecule has 0 spiro atoms. The molecule has 1 saturated heterocycles. The number of nitrogens with zero attached hydrogens (tertiary/aromatic N) is 4. The molecule has 2 aromatic rings. The third kappa shape index (κ3) is 7.79. The van der Waals surface area contributed by atoms with Crippen LogP contribution in [0.4, 0.5) is 0 Å². The topological polar surface area (TPSA) is 87.8 Å². The van der Waals surface area contributed by atoms with E-state index in [-0.39, 0.29) is 6.10 Å². The largest absolute Gasteiger partial charge is 0.374 e. The van der Waals surface area contributed by atoms with Crippen molar-refractivity contribution in [1.82, 2.24) is 25.7 Å². The molecular formula is C22H33ClN6O2. The van der Waals surface area contributed by atoms with Gasteiger partial charge in [0.2, 0.25) is 11.7 Å². The minimum atomic E-state index is 0.124. The lowest BCUT2D eigenvalue weighted by molar-refractivity contribution is -0.0261. The molecule has 2 heterocycles. The molecule has 8 nitrogen and oxygen atoms in total. The van der Waals surface area contributed by atoms with Crippen LogP contribution in [-0.4, -0.2) is 73.0 Å². The fraction of sp³-hybridized carbons (Fsp3) is 0.591. The molecule has 3 rings (SSSR count). The van der Waals surface area contributed by atoms with Crippen LogP contribution in [0.5, 0.6) is 0 Å². The normalized spacial score (nSPS) is 17.8. The van der Waals surface area contributed by atoms with Crippen LogP contribution in [0.1, 0.15) is 26.7 Å². The van der Waals surface area contributed by atoms with Crippen molar-refractivity contribution >= 4 is 17.6 Å². The van der Waals surface area contributed by atoms with Gasteiger partial charge in [0, 0.05) is 49.7 Å². The van der Waals surface area contributed by atoms with Crippen LogP contribution < -0.4 is 10.6 Å². The van der Waals surface area contributed by atoms with E-state index in [1.54, 1.807) is 0 Å². The average molecular weight is 449 g/mol. The Labute approximate surface area is 189 Å². The smallest absolute Gasteiger partial charge is 0.228 e. The fourth-order valence-corrected chi connectivity index (χ4v) is 3.69. The van der Waals surface area contributed by atoms with Gasteiger partial charge in [-0.15, -0.1) is 0 Å². The number of rotatable bonds is 9. The maximum atomic E-state index is 6.04. The number of ether oxygens (including phenoxy) is 1. The predicted octanol–water partition coefficient (Wildman–Crippen LogP) is 2.84. The predicted molar refractivity (Wildman–Crippen MR) is 123 cm³/mol. The van der Waals surface area contributed by atoms with Crippen LogP contribution in [0.15, 0.2) is 33.8 Å². The summed E-state index contributed by atoms with van der Waals surface area (Å²) in [5, 5.41) is 11.3. The molecule has 0 saturated carbocycles. The maximum Gasteiger partial charge on any atom is 0.228 e. The number of aromatic nitrogens is 2. The lowest BCUT2D eigenvalue weighted by Gasteiger charge is -2.33. The molecule has 0 radical (unpaired) electrons. The molecule has 170 valence electrons. The van der Waals surface area contributed by atoms with Gasteiger partial charge in [0.25, 0.3) is 0 Å². The second-order valence-corrected chi connectivity index (χ2v) is 8.50. The van der Waals surface area contributed by atoms with Crippen LogP contribution in [0, 0.1) is 5.92 Å². The van der Waals surface area contributed by atoms with Crippen molar-refractivity contribution in [3.63, 3.8) is 0 Å². The third-order valence-corrected chi connectivity index (χ3v) is 5.06. The van der Waals surface area contributed by atoms with Crippen LogP contribution in [0.3, 0.4) is 0 Å². The van der Waals surface area contributed by atoms with Crippen molar-refractivity contribution in [2.45, 2.75) is 33.3 Å². The molecule has 1 atom stereocenters. The van der Waals surface area contributed by atoms with Crippen LogP contribution >= 0.6 is 11.6 Å². The fourth-order valence-electron chi connectivity index (χ4n) is 3.50. The van der Waals surface area contributed by atoms with E-state index in [1.165, 1.54) is 0 Å². The van der Waals surface area contributed by atoms with Gasteiger partial charge in [0.15, 0.2) is 5.96 Å². The summed E-state index contributed by atoms with van der Waals surface area (Å²) < 4.78 is 11.3. The van der Waals surface area contributed by atoms with Gasteiger partial charge in [-0.25, -0.2) is 0 Å². The van der Waals surface area contributed by atoms with E-state index in [0.717, 1.165) is 44.3 Å². The summed E-state index contributed by atoms with van der Waals surface area (Å²) in [6, 6.07) is 7.41. The second kappa shape index (κ2) is 12.0. The number of morpholine rings is 1. The number of benzene rings is 1. The molecule has 1 aromatic heterocycles. The minimum Gasteiger partial charge on any atom is -0.374 e. The highest BCUT2D eigenvalue weighted by Crippen LogP contribution is 2.19. The first-order valence-corrected chi connectivity index (χ1v) is 11.4. The average Bonchev–Trinajstić information content (AvgIpc) is 3.21. The number of aliphatic imine (C=N–C) groups is 1. The van der Waals surface area contributed by atoms with E-state index < -0.39 is 0 Å². The zero-order valence-corrected chi connectivity index (χ0v) is 19.4. The SMILES string of the molecule is CCNC(=NCC1CN(CC(C)C)CCO1)NCCc1nc(-c2cccc(Cl)c2)no1. The Balaban J connectivity index is 1.48. The summed E-state index contributed by atoms with van der Waals surface area (Å²) in [4.78, 5) is 11.6. The molecular weight excluding hydrogens is 416 g/mol. The summed E-state index contributed by atoms with van der Waals surface area (Å²) in [6.45, 7) is 12.4. The van der Waals surface area contributed by atoms with Gasteiger partial charge < -0.3 is 19.9 Å². The number of halogens is 1. The number of hydrogen-bond acceptors (Lipinski definition) is 6. The molecule has 2 N–H and O–H groups in total. The van der Waals surface area contributed by atoms with Crippen molar-refractivity contribution in [3.05, 3.63) is 35.2 Å². The summed E-state index contributed by atoms with van der Waals surface area (Å²) in [5.74, 6) is 2.53. The van der Waals surface area contributed by atoms with E-state index in [9.17, 15) is 0 Å². The van der Waals surface area contributed by atoms with Crippen LogP contribution in [-0.2, 0) is 11.2 Å². The van der Waals surface area contributed by atoms with E-state index in [4.69, 9.17) is 25.9 Å². The van der Waals surface area contributed by atoms with Gasteiger partial charge in [0.05, 0.1) is 19.3 Å². The van der Waals surface area contributed by atoms with Gasteiger partial charge >= 0.3 is 0 Å². The van der Waals surface area contributed by atoms with E-state index in [2.05, 4.69) is 39.5 Å². The Bertz CT molecular complexity index is 841. The summed E-state index contributed by atoms with van der Waals surface area (Å²) in [6.07, 6.45) is 0.722. The minimum absolute atomic E-state index is 0.124. The molecule has 1 unspecified atom stereocenters. The van der Waals surface area contributed by atoms with Gasteiger partial charge in [-0.3, -0.25) is 9.89 Å². The highest BCUT2D eigenvalue weighted by atomic mass is 35.5.